The molecule has 1 saturated heterocycles. The predicted molar refractivity (Wildman–Crippen MR) is 117 cm³/mol. The lowest BCUT2D eigenvalue weighted by molar-refractivity contribution is -0.134. The zero-order valence-corrected chi connectivity index (χ0v) is 17.6. The quantitative estimate of drug-likeness (QED) is 0.614. The van der Waals surface area contributed by atoms with E-state index >= 15 is 0 Å². The second-order valence-electron chi connectivity index (χ2n) is 7.77. The number of nitrogens with one attached hydrogen (secondary N) is 2. The van der Waals surface area contributed by atoms with Gasteiger partial charge in [0.05, 0.1) is 0 Å². The Balaban J connectivity index is 1.70. The molecule has 2 aromatic rings. The summed E-state index contributed by atoms with van der Waals surface area (Å²) in [5.74, 6) is -0.688. The number of anilines is 1. The molecule has 6 heteroatoms. The van der Waals surface area contributed by atoms with Crippen LogP contribution in [0.5, 0.6) is 0 Å². The van der Waals surface area contributed by atoms with Crippen LogP contribution in [0.1, 0.15) is 50.7 Å². The summed E-state index contributed by atoms with van der Waals surface area (Å²) in [5, 5.41) is 5.72. The van der Waals surface area contributed by atoms with Crippen LogP contribution in [0.4, 0.5) is 10.5 Å². The largest absolute Gasteiger partial charge is 0.325 e. The molecule has 6 nitrogen and oxygen atoms in total. The Morgan fingerprint density at radius 3 is 2.27 bits per heavy atom. The number of nitrogens with zero attached hydrogens (tertiary/aromatic N) is 1. The molecular weight excluding hydrogens is 378 g/mol. The van der Waals surface area contributed by atoms with E-state index in [-0.39, 0.29) is 18.4 Å². The average molecular weight is 408 g/mol. The molecular formula is C24H29N3O3. The van der Waals surface area contributed by atoms with E-state index in [1.807, 2.05) is 68.4 Å². The van der Waals surface area contributed by atoms with Gasteiger partial charge in [-0.1, -0.05) is 75.2 Å². The van der Waals surface area contributed by atoms with Crippen molar-refractivity contribution in [3.8, 4) is 0 Å². The Morgan fingerprint density at radius 2 is 1.60 bits per heavy atom. The lowest BCUT2D eigenvalue weighted by Crippen LogP contribution is -2.47. The van der Waals surface area contributed by atoms with Gasteiger partial charge < -0.3 is 10.6 Å². The van der Waals surface area contributed by atoms with Gasteiger partial charge in [-0.15, -0.1) is 0 Å². The van der Waals surface area contributed by atoms with Crippen molar-refractivity contribution < 1.29 is 14.4 Å². The summed E-state index contributed by atoms with van der Waals surface area (Å²) in [4.78, 5) is 39.2. The molecule has 3 rings (SSSR count). The SMILES string of the molecule is CCCC1(CCC)NC(=O)N(CC(=O)Nc2ccccc2Cc2ccccc2)C1=O. The number of imide groups is 1. The lowest BCUT2D eigenvalue weighted by atomic mass is 9.88. The zero-order valence-electron chi connectivity index (χ0n) is 17.6. The summed E-state index contributed by atoms with van der Waals surface area (Å²) in [6, 6.07) is 17.1. The van der Waals surface area contributed by atoms with E-state index in [0.29, 0.717) is 24.9 Å². The maximum atomic E-state index is 13.0. The fourth-order valence-electron chi connectivity index (χ4n) is 4.08. The normalized spacial score (nSPS) is 15.2. The summed E-state index contributed by atoms with van der Waals surface area (Å²) >= 11 is 0. The van der Waals surface area contributed by atoms with Crippen molar-refractivity contribution in [3.05, 3.63) is 65.7 Å². The van der Waals surface area contributed by atoms with Crippen molar-refractivity contribution in [3.63, 3.8) is 0 Å². The summed E-state index contributed by atoms with van der Waals surface area (Å²) in [6.07, 6.45) is 3.38. The van der Waals surface area contributed by atoms with Gasteiger partial charge >= 0.3 is 6.03 Å². The number of carbonyl (C=O) groups is 3. The number of hydrogen-bond donors (Lipinski definition) is 2. The standard InChI is InChI=1S/C24H29N3O3/c1-3-14-24(15-4-2)22(29)27(23(30)26-24)17-21(28)25-20-13-9-8-12-19(20)16-18-10-6-5-7-11-18/h5-13H,3-4,14-17H2,1-2H3,(H,25,28)(H,26,30). The number of rotatable bonds is 9. The van der Waals surface area contributed by atoms with E-state index in [0.717, 1.165) is 28.9 Å². The van der Waals surface area contributed by atoms with Crippen LogP contribution < -0.4 is 10.6 Å². The molecule has 4 amide bonds. The molecule has 0 aromatic heterocycles. The van der Waals surface area contributed by atoms with Crippen molar-refractivity contribution in [2.24, 2.45) is 0 Å². The van der Waals surface area contributed by atoms with Crippen LogP contribution >= 0.6 is 0 Å². The topological polar surface area (TPSA) is 78.5 Å². The van der Waals surface area contributed by atoms with Crippen molar-refractivity contribution in [2.45, 2.75) is 51.5 Å². The van der Waals surface area contributed by atoms with E-state index in [9.17, 15) is 14.4 Å². The number of carbonyl (C=O) groups excluding carboxylic acids is 3. The molecule has 158 valence electrons. The first kappa shape index (κ1) is 21.6. The van der Waals surface area contributed by atoms with Crippen LogP contribution in [-0.2, 0) is 16.0 Å². The van der Waals surface area contributed by atoms with Crippen LogP contribution in [0.15, 0.2) is 54.6 Å². The maximum absolute atomic E-state index is 13.0. The molecule has 1 aliphatic rings. The molecule has 2 N–H and O–H groups in total. The number of amides is 4. The highest BCUT2D eigenvalue weighted by molar-refractivity contribution is 6.10. The van der Waals surface area contributed by atoms with Crippen molar-refractivity contribution >= 4 is 23.5 Å². The molecule has 1 heterocycles. The average Bonchev–Trinajstić information content (AvgIpc) is 2.95. The highest BCUT2D eigenvalue weighted by Crippen LogP contribution is 2.28. The fourth-order valence-corrected chi connectivity index (χ4v) is 4.08. The molecule has 0 radical (unpaired) electrons. The highest BCUT2D eigenvalue weighted by atomic mass is 16.2. The van der Waals surface area contributed by atoms with Gasteiger partial charge in [0.25, 0.3) is 5.91 Å². The van der Waals surface area contributed by atoms with Gasteiger partial charge in [-0.3, -0.25) is 14.5 Å². The fraction of sp³-hybridized carbons (Fsp3) is 0.375. The third-order valence-electron chi connectivity index (χ3n) is 5.43. The lowest BCUT2D eigenvalue weighted by Gasteiger charge is -2.25. The van der Waals surface area contributed by atoms with Crippen LogP contribution in [-0.4, -0.2) is 34.8 Å². The van der Waals surface area contributed by atoms with Gasteiger partial charge in [0.2, 0.25) is 5.91 Å². The Labute approximate surface area is 177 Å². The van der Waals surface area contributed by atoms with Gasteiger partial charge in [-0.2, -0.15) is 0 Å². The Bertz CT molecular complexity index is 905. The summed E-state index contributed by atoms with van der Waals surface area (Å²) in [7, 11) is 0. The number of urea groups is 1. The molecule has 30 heavy (non-hydrogen) atoms. The van der Waals surface area contributed by atoms with Crippen molar-refractivity contribution in [1.82, 2.24) is 10.2 Å². The Morgan fingerprint density at radius 1 is 0.967 bits per heavy atom. The minimum atomic E-state index is -0.883. The van der Waals surface area contributed by atoms with E-state index in [4.69, 9.17) is 0 Å². The van der Waals surface area contributed by atoms with E-state index < -0.39 is 11.6 Å². The number of benzene rings is 2. The number of para-hydroxylation sites is 1. The van der Waals surface area contributed by atoms with E-state index in [1.54, 1.807) is 0 Å². The second-order valence-corrected chi connectivity index (χ2v) is 7.77. The molecule has 0 atom stereocenters. The Hall–Kier alpha value is -3.15. The third-order valence-corrected chi connectivity index (χ3v) is 5.43. The van der Waals surface area contributed by atoms with Gasteiger partial charge in [0.15, 0.2) is 0 Å². The molecule has 0 bridgehead atoms. The van der Waals surface area contributed by atoms with Crippen LogP contribution in [0.25, 0.3) is 0 Å². The molecule has 0 saturated carbocycles. The maximum Gasteiger partial charge on any atom is 0.325 e. The minimum Gasteiger partial charge on any atom is -0.324 e. The summed E-state index contributed by atoms with van der Waals surface area (Å²) in [5.41, 5.74) is 1.91. The van der Waals surface area contributed by atoms with E-state index in [1.165, 1.54) is 0 Å². The summed E-state index contributed by atoms with van der Waals surface area (Å²) < 4.78 is 0. The monoisotopic (exact) mass is 407 g/mol. The van der Waals surface area contributed by atoms with Gasteiger partial charge in [0, 0.05) is 5.69 Å². The first-order valence-electron chi connectivity index (χ1n) is 10.5. The van der Waals surface area contributed by atoms with Crippen molar-refractivity contribution in [2.75, 3.05) is 11.9 Å². The smallest absolute Gasteiger partial charge is 0.324 e. The van der Waals surface area contributed by atoms with Gasteiger partial charge in [-0.05, 0) is 36.5 Å². The van der Waals surface area contributed by atoms with Crippen LogP contribution in [0.2, 0.25) is 0 Å². The second kappa shape index (κ2) is 9.57. The van der Waals surface area contributed by atoms with Crippen LogP contribution in [0, 0.1) is 0 Å². The van der Waals surface area contributed by atoms with Crippen molar-refractivity contribution in [1.29, 1.82) is 0 Å². The van der Waals surface area contributed by atoms with Crippen LogP contribution in [0.3, 0.4) is 0 Å². The van der Waals surface area contributed by atoms with Gasteiger partial charge in [0.1, 0.15) is 12.1 Å². The molecule has 0 unspecified atom stereocenters. The van der Waals surface area contributed by atoms with Gasteiger partial charge in [-0.25, -0.2) is 4.79 Å². The minimum absolute atomic E-state index is 0.292. The number of hydrogen-bond acceptors (Lipinski definition) is 3. The first-order chi connectivity index (χ1) is 14.5. The molecule has 1 aliphatic heterocycles. The molecule has 1 fully saturated rings. The predicted octanol–water partition coefficient (Wildman–Crippen LogP) is 4.11. The molecule has 0 spiro atoms. The zero-order chi connectivity index (χ0) is 21.6. The molecule has 2 aromatic carbocycles. The molecule has 0 aliphatic carbocycles. The highest BCUT2D eigenvalue weighted by Gasteiger charge is 2.50. The third kappa shape index (κ3) is 4.70. The Kier molecular flexibility index (Phi) is 6.87. The first-order valence-corrected chi connectivity index (χ1v) is 10.5. The van der Waals surface area contributed by atoms with E-state index in [2.05, 4.69) is 10.6 Å². The summed E-state index contributed by atoms with van der Waals surface area (Å²) in [6.45, 7) is 3.67.